The summed E-state index contributed by atoms with van der Waals surface area (Å²) in [6.07, 6.45) is -3.98. The van der Waals surface area contributed by atoms with Crippen molar-refractivity contribution in [3.05, 3.63) is 35.9 Å². The number of carbonyl (C=O) groups is 1. The number of alkyl halides is 3. The summed E-state index contributed by atoms with van der Waals surface area (Å²) in [4.78, 5) is 13.4. The Labute approximate surface area is 178 Å². The van der Waals surface area contributed by atoms with Gasteiger partial charge in [-0.15, -0.1) is 0 Å². The van der Waals surface area contributed by atoms with Gasteiger partial charge < -0.3 is 25.0 Å². The number of fused-ring (bicyclic) bond motifs is 1. The first-order valence-corrected chi connectivity index (χ1v) is 10.1. The van der Waals surface area contributed by atoms with Crippen LogP contribution in [0.5, 0.6) is 11.5 Å². The summed E-state index contributed by atoms with van der Waals surface area (Å²) in [5, 5.41) is 6.07. The second kappa shape index (κ2) is 8.20. The first-order valence-electron chi connectivity index (χ1n) is 10.1. The van der Waals surface area contributed by atoms with Gasteiger partial charge in [-0.1, -0.05) is 0 Å². The maximum absolute atomic E-state index is 13.0. The van der Waals surface area contributed by atoms with E-state index in [9.17, 15) is 18.0 Å². The summed E-state index contributed by atoms with van der Waals surface area (Å²) >= 11 is 0. The van der Waals surface area contributed by atoms with Gasteiger partial charge in [-0.3, -0.25) is 4.79 Å². The molecule has 0 saturated carbocycles. The molecule has 0 radical (unpaired) electrons. The number of anilines is 4. The van der Waals surface area contributed by atoms with Crippen molar-refractivity contribution in [2.45, 2.75) is 25.9 Å². The van der Waals surface area contributed by atoms with Crippen LogP contribution in [-0.2, 0) is 4.79 Å². The molecule has 0 bridgehead atoms. The van der Waals surface area contributed by atoms with E-state index in [0.717, 1.165) is 22.6 Å². The van der Waals surface area contributed by atoms with Crippen molar-refractivity contribution < 1.29 is 27.4 Å². The number of aryl methyl sites for hydroxylation is 1. The molecule has 0 atom stereocenters. The summed E-state index contributed by atoms with van der Waals surface area (Å²) in [5.74, 6) is -0.255. The van der Waals surface area contributed by atoms with Crippen LogP contribution >= 0.6 is 0 Å². The molecule has 2 heterocycles. The van der Waals surface area contributed by atoms with E-state index in [2.05, 4.69) is 10.6 Å². The summed E-state index contributed by atoms with van der Waals surface area (Å²) in [6, 6.07) is 9.18. The van der Waals surface area contributed by atoms with Crippen molar-refractivity contribution in [1.82, 2.24) is 0 Å². The smallest absolute Gasteiger partial charge is 0.391 e. The molecular weight excluding hydrogens is 411 g/mol. The lowest BCUT2D eigenvalue weighted by Gasteiger charge is -2.35. The monoisotopic (exact) mass is 435 g/mol. The second-order valence-electron chi connectivity index (χ2n) is 7.81. The van der Waals surface area contributed by atoms with Crippen LogP contribution in [0.2, 0.25) is 0 Å². The lowest BCUT2D eigenvalue weighted by molar-refractivity contribution is -0.179. The van der Waals surface area contributed by atoms with Crippen LogP contribution in [0.25, 0.3) is 0 Å². The van der Waals surface area contributed by atoms with E-state index in [1.54, 1.807) is 19.2 Å². The molecule has 31 heavy (non-hydrogen) atoms. The maximum Gasteiger partial charge on any atom is 0.391 e. The third kappa shape index (κ3) is 4.50. The number of hydrogen-bond donors (Lipinski definition) is 2. The fraction of sp³-hybridized carbons (Fsp3) is 0.409. The van der Waals surface area contributed by atoms with Crippen LogP contribution in [0.1, 0.15) is 18.4 Å². The maximum atomic E-state index is 13.0. The van der Waals surface area contributed by atoms with Crippen LogP contribution < -0.4 is 25.0 Å². The number of benzene rings is 2. The van der Waals surface area contributed by atoms with Gasteiger partial charge in [0.2, 0.25) is 0 Å². The van der Waals surface area contributed by atoms with E-state index < -0.39 is 12.1 Å². The van der Waals surface area contributed by atoms with Gasteiger partial charge in [-0.2, -0.15) is 13.2 Å². The zero-order valence-corrected chi connectivity index (χ0v) is 17.3. The Balaban J connectivity index is 1.53. The molecule has 1 amide bonds. The van der Waals surface area contributed by atoms with Crippen LogP contribution in [0, 0.1) is 12.8 Å². The molecular formula is C22H24F3N3O3. The molecule has 0 aliphatic carbocycles. The van der Waals surface area contributed by atoms with Crippen molar-refractivity contribution >= 4 is 28.7 Å². The van der Waals surface area contributed by atoms with Gasteiger partial charge >= 0.3 is 6.18 Å². The number of methoxy groups -OCH3 is 1. The molecule has 6 nitrogen and oxygen atoms in total. The van der Waals surface area contributed by atoms with Crippen molar-refractivity contribution in [1.29, 1.82) is 0 Å². The Hall–Kier alpha value is -3.10. The molecule has 2 aromatic carbocycles. The third-order valence-corrected chi connectivity index (χ3v) is 5.72. The van der Waals surface area contributed by atoms with E-state index in [4.69, 9.17) is 9.47 Å². The highest BCUT2D eigenvalue weighted by Crippen LogP contribution is 2.40. The summed E-state index contributed by atoms with van der Waals surface area (Å²) in [6.45, 7) is 2.58. The largest absolute Gasteiger partial charge is 0.495 e. The number of amides is 1. The molecule has 166 valence electrons. The van der Waals surface area contributed by atoms with Crippen LogP contribution in [-0.4, -0.2) is 38.9 Å². The van der Waals surface area contributed by atoms with Gasteiger partial charge in [0.05, 0.1) is 24.4 Å². The zero-order chi connectivity index (χ0) is 22.2. The molecule has 0 aromatic heterocycles. The number of hydrogen-bond acceptors (Lipinski definition) is 5. The van der Waals surface area contributed by atoms with Gasteiger partial charge in [-0.25, -0.2) is 0 Å². The molecule has 2 aliphatic rings. The minimum absolute atomic E-state index is 0.0248. The normalized spacial score (nSPS) is 16.9. The van der Waals surface area contributed by atoms with Crippen LogP contribution in [0.3, 0.4) is 0 Å². The van der Waals surface area contributed by atoms with Crippen molar-refractivity contribution in [2.24, 2.45) is 5.92 Å². The zero-order valence-electron chi connectivity index (χ0n) is 17.3. The van der Waals surface area contributed by atoms with Gasteiger partial charge in [-0.05, 0) is 43.5 Å². The molecule has 0 unspecified atom stereocenters. The van der Waals surface area contributed by atoms with E-state index in [1.165, 1.54) is 0 Å². The minimum Gasteiger partial charge on any atom is -0.495 e. The third-order valence-electron chi connectivity index (χ3n) is 5.72. The Morgan fingerprint density at radius 1 is 1.19 bits per heavy atom. The predicted octanol–water partition coefficient (Wildman–Crippen LogP) is 4.86. The van der Waals surface area contributed by atoms with Crippen molar-refractivity contribution in [3.8, 4) is 11.5 Å². The van der Waals surface area contributed by atoms with Gasteiger partial charge in [0.15, 0.2) is 6.61 Å². The molecule has 2 aromatic rings. The van der Waals surface area contributed by atoms with E-state index in [0.29, 0.717) is 30.3 Å². The lowest BCUT2D eigenvalue weighted by atomic mass is 9.95. The van der Waals surface area contributed by atoms with Gasteiger partial charge in [0.25, 0.3) is 5.91 Å². The summed E-state index contributed by atoms with van der Waals surface area (Å²) in [7, 11) is 1.55. The number of halogens is 3. The molecule has 2 N–H and O–H groups in total. The topological polar surface area (TPSA) is 62.8 Å². The van der Waals surface area contributed by atoms with Crippen molar-refractivity contribution in [3.63, 3.8) is 0 Å². The molecule has 1 fully saturated rings. The van der Waals surface area contributed by atoms with Crippen molar-refractivity contribution in [2.75, 3.05) is 42.3 Å². The highest BCUT2D eigenvalue weighted by atomic mass is 19.4. The average molecular weight is 435 g/mol. The highest BCUT2D eigenvalue weighted by Gasteiger charge is 2.41. The fourth-order valence-corrected chi connectivity index (χ4v) is 3.97. The number of piperidine rings is 1. The molecule has 2 aliphatic heterocycles. The van der Waals surface area contributed by atoms with Crippen LogP contribution in [0.15, 0.2) is 30.3 Å². The Bertz CT molecular complexity index is 986. The molecule has 9 heteroatoms. The minimum atomic E-state index is -4.14. The molecule has 0 spiro atoms. The summed E-state index contributed by atoms with van der Waals surface area (Å²) in [5.41, 5.74) is 3.93. The summed E-state index contributed by atoms with van der Waals surface area (Å²) < 4.78 is 50.0. The number of nitrogens with one attached hydrogen (secondary N) is 2. The number of nitrogens with zero attached hydrogens (tertiary/aromatic N) is 1. The van der Waals surface area contributed by atoms with Crippen LogP contribution in [0.4, 0.5) is 35.9 Å². The molecule has 4 rings (SSSR count). The first-order chi connectivity index (χ1) is 14.7. The molecule has 1 saturated heterocycles. The fourth-order valence-electron chi connectivity index (χ4n) is 3.97. The number of rotatable bonds is 4. The Morgan fingerprint density at radius 3 is 2.61 bits per heavy atom. The van der Waals surface area contributed by atoms with Gasteiger partial charge in [0.1, 0.15) is 11.5 Å². The quantitative estimate of drug-likeness (QED) is 0.719. The Kier molecular flexibility index (Phi) is 5.60. The number of ether oxygens (including phenoxy) is 2. The highest BCUT2D eigenvalue weighted by molar-refractivity contribution is 5.95. The lowest BCUT2D eigenvalue weighted by Crippen LogP contribution is -2.39. The second-order valence-corrected chi connectivity index (χ2v) is 7.81. The standard InChI is InChI=1S/C22H24F3N3O3/c1-13-9-18(28-7-5-14(6-8-28)22(23,24)25)20(30-2)11-17(13)26-15-3-4-16-19(10-15)31-12-21(29)27-16/h3-4,9-11,14,26H,5-8,12H2,1-2H3,(H,27,29). The predicted molar refractivity (Wildman–Crippen MR) is 113 cm³/mol. The first kappa shape index (κ1) is 21.1. The van der Waals surface area contributed by atoms with E-state index >= 15 is 0 Å². The van der Waals surface area contributed by atoms with E-state index in [-0.39, 0.29) is 25.4 Å². The van der Waals surface area contributed by atoms with Gasteiger partial charge in [0, 0.05) is 36.6 Å². The average Bonchev–Trinajstić information content (AvgIpc) is 2.74. The Morgan fingerprint density at radius 2 is 1.94 bits per heavy atom. The SMILES string of the molecule is COc1cc(Nc2ccc3c(c2)OCC(=O)N3)c(C)cc1N1CCC(C(F)(F)F)CC1. The number of carbonyl (C=O) groups excluding carboxylic acids is 1. The van der Waals surface area contributed by atoms with E-state index in [1.807, 2.05) is 30.0 Å².